The highest BCUT2D eigenvalue weighted by molar-refractivity contribution is 6.09. The van der Waals surface area contributed by atoms with Gasteiger partial charge < -0.3 is 4.74 Å². The summed E-state index contributed by atoms with van der Waals surface area (Å²) in [7, 11) is 0. The second-order valence-electron chi connectivity index (χ2n) is 12.9. The molecule has 4 aromatic carbocycles. The van der Waals surface area contributed by atoms with Crippen molar-refractivity contribution in [2.24, 2.45) is 0 Å². The topological polar surface area (TPSA) is 48.8 Å². The number of fused-ring (bicyclic) bond motifs is 3. The number of ether oxygens (including phenoxy) is 1. The lowest BCUT2D eigenvalue weighted by molar-refractivity contribution is -0.599. The first-order valence-corrected chi connectivity index (χ1v) is 15.9. The van der Waals surface area contributed by atoms with Crippen LogP contribution in [0, 0.1) is 13.2 Å². The minimum Gasteiger partial charge on any atom is -0.456 e. The monoisotopic (exact) mass is 628 g/mol. The number of rotatable bonds is 6. The largest absolute Gasteiger partial charge is 0.456 e. The Labute approximate surface area is 284 Å². The van der Waals surface area contributed by atoms with E-state index in [4.69, 9.17) is 13.8 Å². The van der Waals surface area contributed by atoms with E-state index in [9.17, 15) is 0 Å². The van der Waals surface area contributed by atoms with E-state index >= 15 is 0 Å². The average molecular weight is 629 g/mol. The van der Waals surface area contributed by atoms with Gasteiger partial charge in [-0.15, -0.1) is 0 Å². The number of nitrogens with zero attached hydrogens (tertiary/aromatic N) is 5. The Morgan fingerprint density at radius 1 is 0.771 bits per heavy atom. The summed E-state index contributed by atoms with van der Waals surface area (Å²) in [6, 6.07) is 35.7. The molecule has 8 rings (SSSR count). The van der Waals surface area contributed by atoms with Gasteiger partial charge in [0.15, 0.2) is 0 Å². The summed E-state index contributed by atoms with van der Waals surface area (Å²) in [5.41, 5.74) is 6.69. The van der Waals surface area contributed by atoms with Crippen molar-refractivity contribution in [1.82, 2.24) is 19.1 Å². The second kappa shape index (κ2) is 11.7. The fourth-order valence-corrected chi connectivity index (χ4v) is 6.15. The molecule has 0 radical (unpaired) electrons. The molecule has 0 saturated carbocycles. The summed E-state index contributed by atoms with van der Waals surface area (Å²) < 4.78 is 36.5. The Hall–Kier alpha value is -6.01. The molecule has 8 aromatic rings. The Morgan fingerprint density at radius 2 is 1.60 bits per heavy atom. The molecular formula is C42H35N5O. The van der Waals surface area contributed by atoms with Gasteiger partial charge in [0, 0.05) is 45.7 Å². The molecule has 0 unspecified atom stereocenters. The minimum atomic E-state index is -2.26. The molecule has 6 heteroatoms. The molecule has 0 saturated heterocycles. The van der Waals surface area contributed by atoms with E-state index in [-0.39, 0.29) is 11.0 Å². The van der Waals surface area contributed by atoms with E-state index < -0.39 is 6.85 Å². The number of imidazole rings is 1. The second-order valence-corrected chi connectivity index (χ2v) is 12.9. The van der Waals surface area contributed by atoms with Crippen molar-refractivity contribution in [3.05, 3.63) is 158 Å². The predicted molar refractivity (Wildman–Crippen MR) is 191 cm³/mol. The third-order valence-electron chi connectivity index (χ3n) is 8.58. The third kappa shape index (κ3) is 5.52. The first kappa shape index (κ1) is 26.1. The van der Waals surface area contributed by atoms with Gasteiger partial charge in [-0.05, 0) is 77.5 Å². The number of benzene rings is 4. The molecule has 0 N–H and O–H groups in total. The molecule has 0 aliphatic heterocycles. The Balaban J connectivity index is 1.13. The molecule has 6 nitrogen and oxygen atoms in total. The maximum atomic E-state index is 8.09. The van der Waals surface area contributed by atoms with E-state index in [1.807, 2.05) is 79.3 Å². The summed E-state index contributed by atoms with van der Waals surface area (Å²) in [4.78, 5) is 9.26. The first-order valence-electron chi connectivity index (χ1n) is 17.4. The number of aromatic nitrogens is 5. The number of hydrogen-bond acceptors (Lipinski definition) is 3. The third-order valence-corrected chi connectivity index (χ3v) is 8.58. The maximum absolute atomic E-state index is 8.09. The van der Waals surface area contributed by atoms with Gasteiger partial charge >= 0.3 is 0 Å². The maximum Gasteiger partial charge on any atom is 0.268 e. The summed E-state index contributed by atoms with van der Waals surface area (Å²) in [6.07, 6.45) is 12.3. The van der Waals surface area contributed by atoms with Crippen molar-refractivity contribution < 1.29 is 13.4 Å². The van der Waals surface area contributed by atoms with Crippen LogP contribution in [0.3, 0.4) is 0 Å². The fourth-order valence-electron chi connectivity index (χ4n) is 6.15. The van der Waals surface area contributed by atoms with Crippen molar-refractivity contribution in [1.29, 1.82) is 0 Å². The molecule has 4 aromatic heterocycles. The van der Waals surface area contributed by atoms with Crippen molar-refractivity contribution in [3.63, 3.8) is 0 Å². The zero-order valence-corrected chi connectivity index (χ0v) is 26.9. The van der Waals surface area contributed by atoms with E-state index in [0.29, 0.717) is 17.2 Å². The Bertz CT molecular complexity index is 2550. The van der Waals surface area contributed by atoms with Crippen LogP contribution in [0.5, 0.6) is 11.5 Å². The quantitative estimate of drug-likeness (QED) is 0.136. The predicted octanol–water partition coefficient (Wildman–Crippen LogP) is 9.51. The zero-order valence-electron chi connectivity index (χ0n) is 29.9. The lowest BCUT2D eigenvalue weighted by Gasteiger charge is -2.20. The minimum absolute atomic E-state index is 0.0218. The van der Waals surface area contributed by atoms with Gasteiger partial charge in [0.1, 0.15) is 17.3 Å². The summed E-state index contributed by atoms with van der Waals surface area (Å²) in [6.45, 7) is 4.35. The summed E-state index contributed by atoms with van der Waals surface area (Å²) >= 11 is 0. The molecule has 234 valence electrons. The van der Waals surface area contributed by atoms with E-state index in [2.05, 4.69) is 73.0 Å². The molecule has 0 bridgehead atoms. The van der Waals surface area contributed by atoms with E-state index in [1.54, 1.807) is 33.7 Å². The van der Waals surface area contributed by atoms with Gasteiger partial charge in [-0.2, -0.15) is 0 Å². The molecule has 0 fully saturated rings. The zero-order chi connectivity index (χ0) is 35.3. The van der Waals surface area contributed by atoms with Gasteiger partial charge in [0.05, 0.1) is 28.6 Å². The smallest absolute Gasteiger partial charge is 0.268 e. The molecule has 0 aliphatic carbocycles. The highest BCUT2D eigenvalue weighted by Crippen LogP contribution is 2.36. The molecule has 48 heavy (non-hydrogen) atoms. The van der Waals surface area contributed by atoms with Crippen LogP contribution in [0.2, 0.25) is 0 Å². The molecular weight excluding hydrogens is 590 g/mol. The van der Waals surface area contributed by atoms with Gasteiger partial charge in [-0.25, -0.2) is 4.98 Å². The molecule has 0 spiro atoms. The number of pyridine rings is 2. The number of hydrogen-bond donors (Lipinski definition) is 0. The van der Waals surface area contributed by atoms with Gasteiger partial charge in [0.25, 0.3) is 6.33 Å². The molecule has 0 atom stereocenters. The molecule has 0 amide bonds. The van der Waals surface area contributed by atoms with Crippen LogP contribution in [0.15, 0.2) is 140 Å². The lowest BCUT2D eigenvalue weighted by atomic mass is 9.88. The average Bonchev–Trinajstić information content (AvgIpc) is 3.75. The van der Waals surface area contributed by atoms with Crippen LogP contribution in [-0.2, 0) is 5.41 Å². The standard InChI is InChI=1S/C42H35N5O/c1-29-20-31(30-10-6-5-7-11-30)22-33(21-29)45-18-19-46(28-45)34-24-36(27-43-26-34)48-35-14-15-38-37-12-8-9-13-39(37)47(40(38)25-35)41-23-32(16-17-44-41)42(2,3)4/h5-27H,1-4H3/i1D3. The SMILES string of the molecule is [2H]C([2H])([2H])c1cc(-c2ccccc2)cc(-[n+]2[c-]n(-c3cncc(Oc4ccc5c6ccccc6n(-c6cc(C(C)(C)C)ccn6)c5c4)c3)cc2)c1. The van der Waals surface area contributed by atoms with Crippen molar-refractivity contribution in [2.45, 2.75) is 33.0 Å². The van der Waals surface area contributed by atoms with Crippen LogP contribution >= 0.6 is 0 Å². The Kier molecular flexibility index (Phi) is 6.34. The summed E-state index contributed by atoms with van der Waals surface area (Å²) in [5, 5.41) is 2.25. The van der Waals surface area contributed by atoms with Crippen LogP contribution in [0.1, 0.15) is 36.0 Å². The summed E-state index contributed by atoms with van der Waals surface area (Å²) in [5.74, 6) is 2.08. The van der Waals surface area contributed by atoms with Crippen molar-refractivity contribution >= 4 is 21.8 Å². The highest BCUT2D eigenvalue weighted by Gasteiger charge is 2.18. The van der Waals surface area contributed by atoms with Crippen molar-refractivity contribution in [2.75, 3.05) is 0 Å². The van der Waals surface area contributed by atoms with Crippen LogP contribution in [0.4, 0.5) is 0 Å². The fraction of sp³-hybridized carbons (Fsp3) is 0.119. The van der Waals surface area contributed by atoms with Gasteiger partial charge in [-0.1, -0.05) is 80.9 Å². The van der Waals surface area contributed by atoms with Gasteiger partial charge in [-0.3, -0.25) is 18.7 Å². The lowest BCUT2D eigenvalue weighted by Crippen LogP contribution is -2.28. The van der Waals surface area contributed by atoms with E-state index in [1.165, 1.54) is 5.56 Å². The normalized spacial score (nSPS) is 12.9. The van der Waals surface area contributed by atoms with Crippen LogP contribution in [0.25, 0.3) is 50.1 Å². The molecule has 0 aliphatic rings. The van der Waals surface area contributed by atoms with E-state index in [0.717, 1.165) is 44.4 Å². The number of para-hydroxylation sites is 1. The van der Waals surface area contributed by atoms with Crippen LogP contribution in [-0.4, -0.2) is 19.1 Å². The van der Waals surface area contributed by atoms with Crippen LogP contribution < -0.4 is 9.30 Å². The molecule has 4 heterocycles. The number of aryl methyl sites for hydroxylation is 1. The Morgan fingerprint density at radius 3 is 2.46 bits per heavy atom. The first-order chi connectivity index (χ1) is 24.5. The van der Waals surface area contributed by atoms with Crippen molar-refractivity contribution in [3.8, 4) is 39.8 Å². The van der Waals surface area contributed by atoms with Gasteiger partial charge in [0.2, 0.25) is 0 Å². The highest BCUT2D eigenvalue weighted by atomic mass is 16.5.